The van der Waals surface area contributed by atoms with Crippen molar-refractivity contribution < 1.29 is 18.8 Å². The van der Waals surface area contributed by atoms with Crippen LogP contribution in [0.5, 0.6) is 0 Å². The highest BCUT2D eigenvalue weighted by Gasteiger charge is 2.14. The molecule has 0 fully saturated rings. The average molecular weight is 364 g/mol. The number of amides is 3. The molecule has 2 rings (SSSR count). The fraction of sp³-hybridized carbons (Fsp3) is 0.375. The van der Waals surface area contributed by atoms with E-state index in [2.05, 4.69) is 15.6 Å². The monoisotopic (exact) mass is 364 g/mol. The summed E-state index contributed by atoms with van der Waals surface area (Å²) in [4.78, 5) is 41.0. The van der Waals surface area contributed by atoms with Gasteiger partial charge in [0.2, 0.25) is 11.8 Å². The molecule has 0 atom stereocenters. The van der Waals surface area contributed by atoms with Crippen LogP contribution in [-0.2, 0) is 16.0 Å². The van der Waals surface area contributed by atoms with E-state index in [0.717, 1.165) is 0 Å². The maximum atomic E-state index is 12.1. The number of hydrogen-bond donors (Lipinski definition) is 2. The van der Waals surface area contributed by atoms with Crippen molar-refractivity contribution in [1.29, 1.82) is 0 Å². The van der Waals surface area contributed by atoms with Crippen molar-refractivity contribution in [3.63, 3.8) is 0 Å². The van der Waals surface area contributed by atoms with Crippen molar-refractivity contribution in [3.8, 4) is 0 Å². The van der Waals surface area contributed by atoms with Crippen LogP contribution >= 0.6 is 11.3 Å². The molecule has 2 heterocycles. The van der Waals surface area contributed by atoms with Gasteiger partial charge in [-0.05, 0) is 13.0 Å². The molecule has 0 saturated heterocycles. The van der Waals surface area contributed by atoms with Crippen molar-refractivity contribution in [3.05, 3.63) is 34.7 Å². The third-order valence-electron chi connectivity index (χ3n) is 3.38. The van der Waals surface area contributed by atoms with Gasteiger partial charge in [0.25, 0.3) is 5.91 Å². The van der Waals surface area contributed by atoms with Gasteiger partial charge >= 0.3 is 0 Å². The first kappa shape index (κ1) is 18.7. The number of anilines is 1. The van der Waals surface area contributed by atoms with Gasteiger partial charge in [-0.3, -0.25) is 19.7 Å². The summed E-state index contributed by atoms with van der Waals surface area (Å²) in [6.45, 7) is 1.98. The fourth-order valence-electron chi connectivity index (χ4n) is 1.99. The van der Waals surface area contributed by atoms with Gasteiger partial charge in [0.15, 0.2) is 5.13 Å². The van der Waals surface area contributed by atoms with Crippen molar-refractivity contribution in [1.82, 2.24) is 15.2 Å². The minimum Gasteiger partial charge on any atom is -0.469 e. The number of thiazole rings is 1. The van der Waals surface area contributed by atoms with E-state index in [1.165, 1.54) is 22.5 Å². The van der Waals surface area contributed by atoms with Crippen LogP contribution in [0.3, 0.4) is 0 Å². The standard InChI is InChI=1S/C16H20N4O4S/c1-10-12(5-7-24-10)15(23)19-16-18-11(9-25-16)8-13(21)17-6-4-14(22)20(2)3/h5,7,9H,4,6,8H2,1-3H3,(H,17,21)(H,18,19,23). The molecule has 0 aliphatic heterocycles. The largest absolute Gasteiger partial charge is 0.469 e. The first-order valence-corrected chi connectivity index (χ1v) is 8.51. The van der Waals surface area contributed by atoms with E-state index in [1.54, 1.807) is 32.5 Å². The molecule has 9 heteroatoms. The molecule has 0 unspecified atom stereocenters. The number of aryl methyl sites for hydroxylation is 1. The molecule has 134 valence electrons. The van der Waals surface area contributed by atoms with Crippen molar-refractivity contribution in [2.75, 3.05) is 26.0 Å². The molecular formula is C16H20N4O4S. The van der Waals surface area contributed by atoms with E-state index in [-0.39, 0.29) is 37.1 Å². The molecule has 0 aromatic carbocycles. The molecule has 2 N–H and O–H groups in total. The highest BCUT2D eigenvalue weighted by molar-refractivity contribution is 7.14. The topological polar surface area (TPSA) is 105 Å². The van der Waals surface area contributed by atoms with Gasteiger partial charge in [0.1, 0.15) is 5.76 Å². The Hall–Kier alpha value is -2.68. The SMILES string of the molecule is Cc1occc1C(=O)Nc1nc(CC(=O)NCCC(=O)N(C)C)cs1. The Labute approximate surface area is 149 Å². The second kappa shape index (κ2) is 8.43. The first-order valence-electron chi connectivity index (χ1n) is 7.63. The summed E-state index contributed by atoms with van der Waals surface area (Å²) in [7, 11) is 3.33. The van der Waals surface area contributed by atoms with E-state index < -0.39 is 0 Å². The molecular weight excluding hydrogens is 344 g/mol. The van der Waals surface area contributed by atoms with Gasteiger partial charge in [-0.1, -0.05) is 0 Å². The lowest BCUT2D eigenvalue weighted by Gasteiger charge is -2.10. The normalized spacial score (nSPS) is 10.4. The quantitative estimate of drug-likeness (QED) is 0.773. The molecule has 0 radical (unpaired) electrons. The maximum Gasteiger partial charge on any atom is 0.260 e. The lowest BCUT2D eigenvalue weighted by molar-refractivity contribution is -0.128. The summed E-state index contributed by atoms with van der Waals surface area (Å²) < 4.78 is 5.09. The number of nitrogens with zero attached hydrogens (tertiary/aromatic N) is 2. The summed E-state index contributed by atoms with van der Waals surface area (Å²) in [5.41, 5.74) is 1.00. The minimum absolute atomic E-state index is 0.0477. The van der Waals surface area contributed by atoms with Gasteiger partial charge in [0, 0.05) is 32.4 Å². The number of nitrogens with one attached hydrogen (secondary N) is 2. The smallest absolute Gasteiger partial charge is 0.260 e. The Morgan fingerprint density at radius 1 is 1.32 bits per heavy atom. The van der Waals surface area contributed by atoms with Gasteiger partial charge in [-0.15, -0.1) is 11.3 Å². The Bertz CT molecular complexity index is 766. The zero-order chi connectivity index (χ0) is 18.4. The lowest BCUT2D eigenvalue weighted by Crippen LogP contribution is -2.31. The number of carbonyl (C=O) groups excluding carboxylic acids is 3. The second-order valence-corrected chi connectivity index (χ2v) is 6.41. The zero-order valence-electron chi connectivity index (χ0n) is 14.3. The predicted octanol–water partition coefficient (Wildman–Crippen LogP) is 1.43. The molecule has 0 saturated carbocycles. The Kier molecular flexibility index (Phi) is 6.29. The Balaban J connectivity index is 1.81. The van der Waals surface area contributed by atoms with Gasteiger partial charge in [0.05, 0.1) is 23.9 Å². The molecule has 8 nitrogen and oxygen atoms in total. The van der Waals surface area contributed by atoms with Crippen LogP contribution in [0.4, 0.5) is 5.13 Å². The van der Waals surface area contributed by atoms with Crippen molar-refractivity contribution >= 4 is 34.2 Å². The van der Waals surface area contributed by atoms with E-state index in [0.29, 0.717) is 22.1 Å². The summed E-state index contributed by atoms with van der Waals surface area (Å²) in [6.07, 6.45) is 1.79. The van der Waals surface area contributed by atoms with Crippen LogP contribution in [0.25, 0.3) is 0 Å². The molecule has 2 aromatic rings. The number of rotatable bonds is 7. The second-order valence-electron chi connectivity index (χ2n) is 5.55. The first-order chi connectivity index (χ1) is 11.9. The number of aromatic nitrogens is 1. The molecule has 25 heavy (non-hydrogen) atoms. The molecule has 3 amide bonds. The van der Waals surface area contributed by atoms with Crippen molar-refractivity contribution in [2.24, 2.45) is 0 Å². The fourth-order valence-corrected chi connectivity index (χ4v) is 2.70. The highest BCUT2D eigenvalue weighted by atomic mass is 32.1. The van der Waals surface area contributed by atoms with Crippen LogP contribution in [0.2, 0.25) is 0 Å². The van der Waals surface area contributed by atoms with E-state index >= 15 is 0 Å². The van der Waals surface area contributed by atoms with Gasteiger partial charge < -0.3 is 14.6 Å². The zero-order valence-corrected chi connectivity index (χ0v) is 15.1. The summed E-state index contributed by atoms with van der Waals surface area (Å²) >= 11 is 1.24. The number of hydrogen-bond acceptors (Lipinski definition) is 6. The highest BCUT2D eigenvalue weighted by Crippen LogP contribution is 2.18. The molecule has 0 bridgehead atoms. The predicted molar refractivity (Wildman–Crippen MR) is 93.5 cm³/mol. The summed E-state index contributed by atoms with van der Waals surface area (Å²) in [6, 6.07) is 1.58. The van der Waals surface area contributed by atoms with Crippen molar-refractivity contribution in [2.45, 2.75) is 19.8 Å². The van der Waals surface area contributed by atoms with E-state index in [1.807, 2.05) is 0 Å². The van der Waals surface area contributed by atoms with Gasteiger partial charge in [-0.25, -0.2) is 4.98 Å². The third kappa shape index (κ3) is 5.42. The van der Waals surface area contributed by atoms with Gasteiger partial charge in [-0.2, -0.15) is 0 Å². The molecule has 2 aromatic heterocycles. The maximum absolute atomic E-state index is 12.1. The van der Waals surface area contributed by atoms with E-state index in [4.69, 9.17) is 4.42 Å². The van der Waals surface area contributed by atoms with Crippen LogP contribution in [0, 0.1) is 6.92 Å². The Morgan fingerprint density at radius 2 is 2.08 bits per heavy atom. The minimum atomic E-state index is -0.307. The summed E-state index contributed by atoms with van der Waals surface area (Å²) in [5, 5.41) is 7.48. The van der Waals surface area contributed by atoms with Crippen LogP contribution in [-0.4, -0.2) is 48.2 Å². The number of carbonyl (C=O) groups is 3. The van der Waals surface area contributed by atoms with Crippen LogP contribution in [0.1, 0.15) is 28.2 Å². The van der Waals surface area contributed by atoms with Crippen LogP contribution in [0.15, 0.2) is 22.1 Å². The average Bonchev–Trinajstić information content (AvgIpc) is 3.16. The summed E-state index contributed by atoms with van der Waals surface area (Å²) in [5.74, 6) is -0.0476. The third-order valence-corrected chi connectivity index (χ3v) is 4.18. The lowest BCUT2D eigenvalue weighted by atomic mass is 10.2. The number of furan rings is 1. The molecule has 0 aliphatic carbocycles. The Morgan fingerprint density at radius 3 is 2.72 bits per heavy atom. The van der Waals surface area contributed by atoms with Crippen LogP contribution < -0.4 is 10.6 Å². The van der Waals surface area contributed by atoms with E-state index in [9.17, 15) is 14.4 Å². The molecule has 0 aliphatic rings. The molecule has 0 spiro atoms.